The van der Waals surface area contributed by atoms with Crippen LogP contribution >= 0.6 is 11.8 Å². The average molecular weight is 446 g/mol. The number of benzene rings is 3. The predicted molar refractivity (Wildman–Crippen MR) is 127 cm³/mol. The van der Waals surface area contributed by atoms with Gasteiger partial charge in [0.25, 0.3) is 5.91 Å². The quantitative estimate of drug-likeness (QED) is 0.177. The highest BCUT2D eigenvalue weighted by Gasteiger charge is 2.16. The van der Waals surface area contributed by atoms with Crippen LogP contribution in [0.3, 0.4) is 0 Å². The van der Waals surface area contributed by atoms with Crippen molar-refractivity contribution in [1.82, 2.24) is 10.4 Å². The zero-order valence-corrected chi connectivity index (χ0v) is 18.4. The van der Waals surface area contributed by atoms with Crippen LogP contribution in [0.4, 0.5) is 0 Å². The smallest absolute Gasteiger partial charge is 0.267 e. The van der Waals surface area contributed by atoms with Gasteiger partial charge in [0.2, 0.25) is 0 Å². The number of rotatable bonds is 8. The van der Waals surface area contributed by atoms with E-state index in [4.69, 9.17) is 20.3 Å². The summed E-state index contributed by atoms with van der Waals surface area (Å²) in [5, 5.41) is 0.765. The summed E-state index contributed by atoms with van der Waals surface area (Å²) in [6, 6.07) is 25.3. The molecule has 162 valence electrons. The van der Waals surface area contributed by atoms with Crippen LogP contribution in [0.25, 0.3) is 10.9 Å². The number of nitrogen functional groups attached to an aromatic ring is 1. The monoisotopic (exact) mass is 445 g/mol. The summed E-state index contributed by atoms with van der Waals surface area (Å²) in [6.07, 6.45) is 0. The Morgan fingerprint density at radius 1 is 1.00 bits per heavy atom. The Labute approximate surface area is 190 Å². The largest absolute Gasteiger partial charge is 0.493 e. The molecule has 3 aromatic carbocycles. The molecule has 0 bridgehead atoms. The van der Waals surface area contributed by atoms with Crippen molar-refractivity contribution < 1.29 is 14.3 Å². The third kappa shape index (κ3) is 5.01. The molecule has 0 saturated carbocycles. The van der Waals surface area contributed by atoms with Gasteiger partial charge in [0.1, 0.15) is 6.61 Å². The minimum Gasteiger partial charge on any atom is -0.493 e. The van der Waals surface area contributed by atoms with Crippen LogP contribution in [0.2, 0.25) is 0 Å². The lowest BCUT2D eigenvalue weighted by Crippen LogP contribution is -2.31. The number of aromatic nitrogens is 1. The lowest BCUT2D eigenvalue weighted by Gasteiger charge is -2.14. The number of pyridine rings is 1. The van der Waals surface area contributed by atoms with Gasteiger partial charge in [-0.1, -0.05) is 48.5 Å². The topological polar surface area (TPSA) is 86.5 Å². The lowest BCUT2D eigenvalue weighted by molar-refractivity contribution is 0.0952. The van der Waals surface area contributed by atoms with E-state index in [1.165, 1.54) is 0 Å². The van der Waals surface area contributed by atoms with E-state index in [-0.39, 0.29) is 5.91 Å². The summed E-state index contributed by atoms with van der Waals surface area (Å²) >= 11 is 1.60. The highest BCUT2D eigenvalue weighted by Crippen LogP contribution is 2.34. The minimum absolute atomic E-state index is 0.384. The van der Waals surface area contributed by atoms with Crippen LogP contribution in [-0.2, 0) is 12.4 Å². The number of hydrazine groups is 1. The molecule has 1 amide bonds. The molecule has 0 atom stereocenters. The van der Waals surface area contributed by atoms with Gasteiger partial charge in [-0.3, -0.25) is 15.2 Å². The van der Waals surface area contributed by atoms with Gasteiger partial charge in [-0.2, -0.15) is 0 Å². The van der Waals surface area contributed by atoms with E-state index in [2.05, 4.69) is 5.43 Å². The Morgan fingerprint density at radius 2 is 1.72 bits per heavy atom. The molecule has 4 aromatic rings. The third-order valence-corrected chi connectivity index (χ3v) is 5.93. The Morgan fingerprint density at radius 3 is 2.41 bits per heavy atom. The molecule has 1 aromatic heterocycles. The van der Waals surface area contributed by atoms with Crippen molar-refractivity contribution in [2.45, 2.75) is 17.3 Å². The SMILES string of the molecule is COc1cc2nc(CSc3ccccc3)c(C(=O)NN)cc2cc1OCc1ccccc1. The van der Waals surface area contributed by atoms with Gasteiger partial charge in [0.15, 0.2) is 11.5 Å². The lowest BCUT2D eigenvalue weighted by atomic mass is 10.1. The molecule has 0 saturated heterocycles. The van der Waals surface area contributed by atoms with E-state index in [1.54, 1.807) is 24.9 Å². The van der Waals surface area contributed by atoms with E-state index in [9.17, 15) is 4.79 Å². The van der Waals surface area contributed by atoms with Crippen molar-refractivity contribution in [2.24, 2.45) is 5.84 Å². The van der Waals surface area contributed by atoms with Crippen molar-refractivity contribution in [2.75, 3.05) is 7.11 Å². The molecule has 0 unspecified atom stereocenters. The molecular formula is C25H23N3O3S. The van der Waals surface area contributed by atoms with Crippen molar-refractivity contribution >= 4 is 28.6 Å². The summed E-state index contributed by atoms with van der Waals surface area (Å²) in [7, 11) is 1.60. The number of amides is 1. The van der Waals surface area contributed by atoms with E-state index < -0.39 is 0 Å². The molecule has 1 heterocycles. The number of nitrogens with two attached hydrogens (primary N) is 1. The number of carbonyl (C=O) groups is 1. The Kier molecular flexibility index (Phi) is 6.89. The molecule has 0 aliphatic heterocycles. The second-order valence-electron chi connectivity index (χ2n) is 7.03. The molecule has 0 spiro atoms. The highest BCUT2D eigenvalue weighted by molar-refractivity contribution is 7.98. The molecule has 3 N–H and O–H groups in total. The van der Waals surface area contributed by atoms with E-state index >= 15 is 0 Å². The molecule has 0 aliphatic carbocycles. The van der Waals surface area contributed by atoms with Gasteiger partial charge in [0, 0.05) is 22.1 Å². The fraction of sp³-hybridized carbons (Fsp3) is 0.120. The molecule has 0 radical (unpaired) electrons. The summed E-state index contributed by atoms with van der Waals surface area (Å²) < 4.78 is 11.5. The van der Waals surface area contributed by atoms with Gasteiger partial charge in [-0.15, -0.1) is 11.8 Å². The minimum atomic E-state index is -0.384. The Hall–Kier alpha value is -3.55. The first kappa shape index (κ1) is 21.7. The maximum Gasteiger partial charge on any atom is 0.267 e. The normalized spacial score (nSPS) is 10.7. The number of hydrogen-bond donors (Lipinski definition) is 2. The fourth-order valence-corrected chi connectivity index (χ4v) is 4.16. The van der Waals surface area contributed by atoms with Crippen LogP contribution in [-0.4, -0.2) is 18.0 Å². The number of ether oxygens (including phenoxy) is 2. The molecule has 6 nitrogen and oxygen atoms in total. The predicted octanol–water partition coefficient (Wildman–Crippen LogP) is 4.72. The first-order valence-corrected chi connectivity index (χ1v) is 11.0. The summed E-state index contributed by atoms with van der Waals surface area (Å²) in [6.45, 7) is 0.401. The summed E-state index contributed by atoms with van der Waals surface area (Å²) in [5.41, 5.74) is 5.06. The first-order chi connectivity index (χ1) is 15.7. The van der Waals surface area contributed by atoms with Crippen molar-refractivity contribution in [1.29, 1.82) is 0 Å². The van der Waals surface area contributed by atoms with Crippen LogP contribution in [0.1, 0.15) is 21.6 Å². The van der Waals surface area contributed by atoms with Crippen LogP contribution in [0.15, 0.2) is 83.8 Å². The molecule has 4 rings (SSSR count). The van der Waals surface area contributed by atoms with Gasteiger partial charge in [0.05, 0.1) is 23.9 Å². The maximum atomic E-state index is 12.5. The Bertz CT molecular complexity index is 1220. The highest BCUT2D eigenvalue weighted by atomic mass is 32.2. The van der Waals surface area contributed by atoms with Crippen molar-refractivity contribution in [3.63, 3.8) is 0 Å². The number of nitrogens with zero attached hydrogens (tertiary/aromatic N) is 1. The van der Waals surface area contributed by atoms with E-state index in [0.29, 0.717) is 40.6 Å². The molecule has 32 heavy (non-hydrogen) atoms. The maximum absolute atomic E-state index is 12.5. The molecule has 0 aliphatic rings. The van der Waals surface area contributed by atoms with Crippen LogP contribution < -0.4 is 20.7 Å². The second-order valence-corrected chi connectivity index (χ2v) is 8.08. The number of carbonyl (C=O) groups excluding carboxylic acids is 1. The summed E-state index contributed by atoms with van der Waals surface area (Å²) in [4.78, 5) is 18.3. The number of nitrogens with one attached hydrogen (secondary N) is 1. The average Bonchev–Trinajstić information content (AvgIpc) is 2.85. The van der Waals surface area contributed by atoms with Gasteiger partial charge in [-0.25, -0.2) is 5.84 Å². The zero-order chi connectivity index (χ0) is 22.3. The number of fused-ring (bicyclic) bond motifs is 1. The Balaban J connectivity index is 1.67. The molecule has 7 heteroatoms. The van der Waals surface area contributed by atoms with Crippen LogP contribution in [0, 0.1) is 0 Å². The van der Waals surface area contributed by atoms with Gasteiger partial charge >= 0.3 is 0 Å². The number of methoxy groups -OCH3 is 1. The third-order valence-electron chi connectivity index (χ3n) is 4.91. The van der Waals surface area contributed by atoms with Crippen LogP contribution in [0.5, 0.6) is 11.5 Å². The zero-order valence-electron chi connectivity index (χ0n) is 17.6. The molecule has 0 fully saturated rings. The van der Waals surface area contributed by atoms with Gasteiger partial charge < -0.3 is 9.47 Å². The van der Waals surface area contributed by atoms with Gasteiger partial charge in [-0.05, 0) is 29.8 Å². The number of hydrogen-bond acceptors (Lipinski definition) is 6. The van der Waals surface area contributed by atoms with Crippen molar-refractivity contribution in [3.05, 3.63) is 95.7 Å². The van der Waals surface area contributed by atoms with Crippen molar-refractivity contribution in [3.8, 4) is 11.5 Å². The van der Waals surface area contributed by atoms with E-state index in [1.807, 2.05) is 72.8 Å². The summed E-state index contributed by atoms with van der Waals surface area (Å²) in [5.74, 6) is 6.74. The molecular weight excluding hydrogens is 422 g/mol. The number of thioether (sulfide) groups is 1. The first-order valence-electron chi connectivity index (χ1n) is 10.0. The van der Waals surface area contributed by atoms with E-state index in [0.717, 1.165) is 15.8 Å². The second kappa shape index (κ2) is 10.2. The fourth-order valence-electron chi connectivity index (χ4n) is 3.28. The standard InChI is InChI=1S/C25H23N3O3S/c1-30-23-14-21-18(13-24(23)31-15-17-8-4-2-5-9-17)12-20(25(29)28-26)22(27-21)16-32-19-10-6-3-7-11-19/h2-14H,15-16,26H2,1H3,(H,28,29).